The predicted molar refractivity (Wildman–Crippen MR) is 61.7 cm³/mol. The number of rotatable bonds is 2. The summed E-state index contributed by atoms with van der Waals surface area (Å²) in [5.74, 6) is 0. The number of hydrogen-bond acceptors (Lipinski definition) is 1. The van der Waals surface area contributed by atoms with Gasteiger partial charge in [0.1, 0.15) is 0 Å². The van der Waals surface area contributed by atoms with Crippen LogP contribution in [0.3, 0.4) is 0 Å². The highest BCUT2D eigenvalue weighted by molar-refractivity contribution is 7.23. The van der Waals surface area contributed by atoms with Crippen molar-refractivity contribution in [2.75, 3.05) is 0 Å². The molecule has 0 atom stereocenters. The second-order valence-electron chi connectivity index (χ2n) is 3.15. The third kappa shape index (κ3) is 1.99. The molecule has 0 aliphatic heterocycles. The molecule has 68 valence electrons. The molecule has 2 N–H and O–H groups in total. The molecule has 13 heavy (non-hydrogen) atoms. The van der Waals surface area contributed by atoms with Crippen molar-refractivity contribution in [3.05, 3.63) is 47.2 Å². The van der Waals surface area contributed by atoms with Crippen molar-refractivity contribution in [2.24, 2.45) is 5.73 Å². The zero-order valence-corrected chi connectivity index (χ0v) is 9.02. The first kappa shape index (κ1) is 10.0. The van der Waals surface area contributed by atoms with Crippen molar-refractivity contribution in [1.29, 1.82) is 0 Å². The van der Waals surface area contributed by atoms with Gasteiger partial charge in [0.2, 0.25) is 0 Å². The highest BCUT2D eigenvalue weighted by Gasteiger charge is 2.05. The largest absolute Gasteiger partial charge is 0.398 e. The molecule has 0 amide bonds. The van der Waals surface area contributed by atoms with Gasteiger partial charge in [0.15, 0.2) is 0 Å². The fourth-order valence-electron chi connectivity index (χ4n) is 1.19. The van der Waals surface area contributed by atoms with Crippen molar-refractivity contribution in [3.63, 3.8) is 0 Å². The van der Waals surface area contributed by atoms with Crippen molar-refractivity contribution < 1.29 is 0 Å². The Hall–Kier alpha value is -1.07. The molecule has 1 aromatic carbocycles. The van der Waals surface area contributed by atoms with Gasteiger partial charge in [-0.3, -0.25) is 0 Å². The maximum atomic E-state index is 5.61. The van der Waals surface area contributed by atoms with E-state index in [1.165, 1.54) is 11.1 Å². The number of nitrogens with two attached hydrogens (primary N) is 1. The molecule has 0 aliphatic carbocycles. The molecule has 1 rings (SSSR count). The third-order valence-corrected chi connectivity index (χ3v) is 2.79. The molecule has 0 bridgehead atoms. The van der Waals surface area contributed by atoms with Crippen molar-refractivity contribution in [2.45, 2.75) is 13.8 Å². The summed E-state index contributed by atoms with van der Waals surface area (Å²) in [6, 6.07) is 6.13. The lowest BCUT2D eigenvalue weighted by Gasteiger charge is -2.09. The number of allylic oxidation sites excluding steroid dienone is 1. The molecule has 0 fully saturated rings. The van der Waals surface area contributed by atoms with Gasteiger partial charge in [0, 0.05) is 11.0 Å². The summed E-state index contributed by atoms with van der Waals surface area (Å²) < 4.78 is 0. The molecule has 0 aromatic heterocycles. The van der Waals surface area contributed by atoms with E-state index < -0.39 is 0 Å². The van der Waals surface area contributed by atoms with Crippen LogP contribution in [-0.4, -0.2) is 5.29 Å². The lowest BCUT2D eigenvalue weighted by Crippen LogP contribution is -2.10. The third-order valence-electron chi connectivity index (χ3n) is 2.20. The average Bonchev–Trinajstić information content (AvgIpc) is 2.08. The molecule has 0 saturated carbocycles. The van der Waals surface area contributed by atoms with Gasteiger partial charge in [-0.2, -0.15) is 0 Å². The Labute approximate surface area is 81.5 Å². The van der Waals surface area contributed by atoms with Crippen LogP contribution in [0.5, 0.6) is 0 Å². The van der Waals surface area contributed by atoms with Crippen LogP contribution < -0.4 is 5.73 Å². The van der Waals surface area contributed by atoms with Gasteiger partial charge in [0.05, 0.1) is 0 Å². The summed E-state index contributed by atoms with van der Waals surface area (Å²) in [6.45, 7) is 7.85. The molecule has 0 unspecified atom stereocenters. The Bertz CT molecular complexity index is 366. The summed E-state index contributed by atoms with van der Waals surface area (Å²) >= 11 is 0. The summed E-state index contributed by atoms with van der Waals surface area (Å²) in [5.41, 5.74) is 9.78. The van der Waals surface area contributed by atoms with Gasteiger partial charge in [-0.05, 0) is 30.5 Å². The minimum atomic E-state index is 0.561. The van der Waals surface area contributed by atoms with Gasteiger partial charge < -0.3 is 5.73 Å². The van der Waals surface area contributed by atoms with Crippen LogP contribution in [0.25, 0.3) is 0 Å². The molecular formula is C11H14NP. The molecule has 1 aromatic rings. The van der Waals surface area contributed by atoms with Crippen molar-refractivity contribution in [3.8, 4) is 0 Å². The fraction of sp³-hybridized carbons (Fsp3) is 0.182. The highest BCUT2D eigenvalue weighted by Crippen LogP contribution is 2.16. The van der Waals surface area contributed by atoms with E-state index in [0.29, 0.717) is 5.70 Å². The van der Waals surface area contributed by atoms with Gasteiger partial charge in [-0.25, -0.2) is 0 Å². The topological polar surface area (TPSA) is 26.0 Å². The van der Waals surface area contributed by atoms with E-state index in [1.54, 1.807) is 0 Å². The first-order valence-corrected chi connectivity index (χ1v) is 4.64. The van der Waals surface area contributed by atoms with E-state index in [2.05, 4.69) is 35.4 Å². The van der Waals surface area contributed by atoms with E-state index in [1.807, 2.05) is 12.1 Å². The maximum Gasteiger partial charge on any atom is 0.0361 e. The van der Waals surface area contributed by atoms with Crippen LogP contribution in [0.4, 0.5) is 0 Å². The zero-order valence-electron chi connectivity index (χ0n) is 8.02. The highest BCUT2D eigenvalue weighted by atomic mass is 31.0. The van der Waals surface area contributed by atoms with E-state index in [0.717, 1.165) is 10.9 Å². The first-order chi connectivity index (χ1) is 6.04. The Morgan fingerprint density at radius 2 is 2.00 bits per heavy atom. The minimum Gasteiger partial charge on any atom is -0.398 e. The SMILES string of the molecule is C=C(N)C(=P)c1cccc(C)c1C. The van der Waals surface area contributed by atoms with E-state index in [-0.39, 0.29) is 0 Å². The number of aryl methyl sites for hydroxylation is 1. The van der Waals surface area contributed by atoms with Crippen molar-refractivity contribution >= 4 is 14.2 Å². The van der Waals surface area contributed by atoms with Gasteiger partial charge in [0.25, 0.3) is 0 Å². The molecular weight excluding hydrogens is 177 g/mol. The van der Waals surface area contributed by atoms with Crippen LogP contribution in [0.2, 0.25) is 0 Å². The van der Waals surface area contributed by atoms with E-state index in [9.17, 15) is 0 Å². The molecule has 2 heteroatoms. The molecule has 0 heterocycles. The van der Waals surface area contributed by atoms with Gasteiger partial charge in [-0.1, -0.05) is 24.8 Å². The van der Waals surface area contributed by atoms with Gasteiger partial charge >= 0.3 is 0 Å². The second kappa shape index (κ2) is 3.76. The lowest BCUT2D eigenvalue weighted by atomic mass is 10.00. The normalized spacial score (nSPS) is 9.69. The second-order valence-corrected chi connectivity index (χ2v) is 3.65. The van der Waals surface area contributed by atoms with E-state index in [4.69, 9.17) is 5.73 Å². The standard InChI is InChI=1S/C11H14NP/c1-7-5-4-6-10(8(7)2)11(13)9(3)12/h4-6,13H,3,12H2,1-2H3. The summed E-state index contributed by atoms with van der Waals surface area (Å²) in [4.78, 5) is 0. The quantitative estimate of drug-likeness (QED) is 0.714. The molecule has 0 radical (unpaired) electrons. The number of benzene rings is 1. The smallest absolute Gasteiger partial charge is 0.0361 e. The fourth-order valence-corrected chi connectivity index (χ4v) is 1.47. The first-order valence-electron chi connectivity index (χ1n) is 4.14. The Kier molecular flexibility index (Phi) is 2.90. The average molecular weight is 191 g/mol. The van der Waals surface area contributed by atoms with Gasteiger partial charge in [-0.15, -0.1) is 8.86 Å². The molecule has 0 aliphatic rings. The van der Waals surface area contributed by atoms with Crippen LogP contribution in [0, 0.1) is 13.8 Å². The maximum absolute atomic E-state index is 5.61. The zero-order chi connectivity index (χ0) is 10.0. The lowest BCUT2D eigenvalue weighted by molar-refractivity contribution is 1.32. The monoisotopic (exact) mass is 191 g/mol. The summed E-state index contributed by atoms with van der Waals surface area (Å²) in [7, 11) is 3.48. The molecule has 0 spiro atoms. The Balaban J connectivity index is 3.23. The summed E-state index contributed by atoms with van der Waals surface area (Å²) in [5, 5.41) is 0.876. The molecule has 1 nitrogen and oxygen atoms in total. The predicted octanol–water partition coefficient (Wildman–Crippen LogP) is 2.44. The number of hydrogen-bond donors (Lipinski definition) is 1. The van der Waals surface area contributed by atoms with Crippen LogP contribution in [-0.2, 0) is 0 Å². The van der Waals surface area contributed by atoms with Crippen LogP contribution >= 0.6 is 8.86 Å². The molecule has 0 saturated heterocycles. The Morgan fingerprint density at radius 3 is 2.54 bits per heavy atom. The van der Waals surface area contributed by atoms with Crippen molar-refractivity contribution in [1.82, 2.24) is 0 Å². The van der Waals surface area contributed by atoms with E-state index >= 15 is 0 Å². The summed E-state index contributed by atoms with van der Waals surface area (Å²) in [6.07, 6.45) is 0. The minimum absolute atomic E-state index is 0.561. The Morgan fingerprint density at radius 1 is 1.38 bits per heavy atom. The van der Waals surface area contributed by atoms with Crippen LogP contribution in [0.1, 0.15) is 16.7 Å². The van der Waals surface area contributed by atoms with Crippen LogP contribution in [0.15, 0.2) is 30.5 Å².